The number of carbonyl (C=O) groups excluding carboxylic acids is 2. The van der Waals surface area contributed by atoms with Crippen molar-refractivity contribution < 1.29 is 22.4 Å². The van der Waals surface area contributed by atoms with Crippen LogP contribution in [-0.2, 0) is 26.2 Å². The zero-order chi connectivity index (χ0) is 24.8. The molecule has 0 spiro atoms. The van der Waals surface area contributed by atoms with Crippen LogP contribution in [0.15, 0.2) is 52.0 Å². The van der Waals surface area contributed by atoms with E-state index in [-0.39, 0.29) is 23.3 Å². The van der Waals surface area contributed by atoms with Gasteiger partial charge in [-0.1, -0.05) is 38.5 Å². The van der Waals surface area contributed by atoms with Crippen molar-refractivity contribution in [3.63, 3.8) is 0 Å². The molecule has 2 N–H and O–H groups in total. The van der Waals surface area contributed by atoms with Gasteiger partial charge in [0, 0.05) is 5.54 Å². The Morgan fingerprint density at radius 3 is 2.27 bits per heavy atom. The van der Waals surface area contributed by atoms with Crippen LogP contribution in [0.3, 0.4) is 0 Å². The minimum atomic E-state index is -3.89. The first kappa shape index (κ1) is 26.6. The standard InChI is InChI=1S/C24H35N3O5S/c1-7-24(5,6)26-23(29)22(17(2)3)27(16-19-9-8-14-32-19)21(28)15-25-33(30,31)20-12-10-18(4)11-13-20/h8-14,17,22,25H,7,15-16H2,1-6H3,(H,26,29). The minimum absolute atomic E-state index is 0.0426. The number of amides is 2. The summed E-state index contributed by atoms with van der Waals surface area (Å²) in [5.74, 6) is -0.536. The van der Waals surface area contributed by atoms with Gasteiger partial charge in [0.25, 0.3) is 0 Å². The number of nitrogens with one attached hydrogen (secondary N) is 2. The number of hydrogen-bond acceptors (Lipinski definition) is 5. The van der Waals surface area contributed by atoms with Crippen LogP contribution < -0.4 is 10.0 Å². The normalized spacial score (nSPS) is 13.1. The summed E-state index contributed by atoms with van der Waals surface area (Å²) in [6.07, 6.45) is 2.20. The monoisotopic (exact) mass is 477 g/mol. The number of sulfonamides is 1. The first-order chi connectivity index (χ1) is 15.4. The smallest absolute Gasteiger partial charge is 0.243 e. The molecule has 2 aromatic rings. The van der Waals surface area contributed by atoms with Crippen molar-refractivity contribution in [2.24, 2.45) is 5.92 Å². The van der Waals surface area contributed by atoms with Gasteiger partial charge in [-0.05, 0) is 57.4 Å². The maximum absolute atomic E-state index is 13.3. The molecule has 1 unspecified atom stereocenters. The fourth-order valence-corrected chi connectivity index (χ4v) is 4.25. The van der Waals surface area contributed by atoms with Crippen LogP contribution in [0.1, 0.15) is 52.4 Å². The SMILES string of the molecule is CCC(C)(C)NC(=O)C(C(C)C)N(Cc1ccco1)C(=O)CNS(=O)(=O)c1ccc(C)cc1. The van der Waals surface area contributed by atoms with E-state index in [0.29, 0.717) is 12.2 Å². The molecule has 8 nitrogen and oxygen atoms in total. The number of rotatable bonds is 11. The Kier molecular flexibility index (Phi) is 8.85. The third kappa shape index (κ3) is 7.43. The minimum Gasteiger partial charge on any atom is -0.467 e. The van der Waals surface area contributed by atoms with Gasteiger partial charge in [0.1, 0.15) is 11.8 Å². The van der Waals surface area contributed by atoms with Crippen LogP contribution in [0.4, 0.5) is 0 Å². The molecule has 1 atom stereocenters. The quantitative estimate of drug-likeness (QED) is 0.517. The molecule has 2 rings (SSSR count). The molecule has 182 valence electrons. The van der Waals surface area contributed by atoms with Gasteiger partial charge in [-0.15, -0.1) is 0 Å². The third-order valence-electron chi connectivity index (χ3n) is 5.55. The van der Waals surface area contributed by atoms with Crippen molar-refractivity contribution in [1.82, 2.24) is 14.9 Å². The Hall–Kier alpha value is -2.65. The van der Waals surface area contributed by atoms with Crippen LogP contribution in [-0.4, -0.2) is 43.3 Å². The van der Waals surface area contributed by atoms with Crippen LogP contribution in [0.2, 0.25) is 0 Å². The molecule has 0 saturated heterocycles. The second kappa shape index (κ2) is 11.0. The maximum Gasteiger partial charge on any atom is 0.243 e. The first-order valence-corrected chi connectivity index (χ1v) is 12.5. The predicted molar refractivity (Wildman–Crippen MR) is 127 cm³/mol. The van der Waals surface area contributed by atoms with Crippen LogP contribution in [0, 0.1) is 12.8 Å². The molecule has 1 aromatic carbocycles. The number of benzene rings is 1. The summed E-state index contributed by atoms with van der Waals surface area (Å²) >= 11 is 0. The van der Waals surface area contributed by atoms with Crippen molar-refractivity contribution >= 4 is 21.8 Å². The first-order valence-electron chi connectivity index (χ1n) is 11.1. The van der Waals surface area contributed by atoms with Gasteiger partial charge in [0.05, 0.1) is 24.2 Å². The van der Waals surface area contributed by atoms with Crippen LogP contribution in [0.5, 0.6) is 0 Å². The molecule has 0 aliphatic heterocycles. The van der Waals surface area contributed by atoms with Crippen LogP contribution in [0.25, 0.3) is 0 Å². The Bertz CT molecular complexity index is 1030. The lowest BCUT2D eigenvalue weighted by Gasteiger charge is -2.36. The number of carbonyl (C=O) groups is 2. The lowest BCUT2D eigenvalue weighted by molar-refractivity contribution is -0.143. The molecule has 0 radical (unpaired) electrons. The van der Waals surface area contributed by atoms with Gasteiger partial charge < -0.3 is 14.6 Å². The molecule has 0 saturated carbocycles. The number of furan rings is 1. The average molecular weight is 478 g/mol. The van der Waals surface area contributed by atoms with E-state index in [9.17, 15) is 18.0 Å². The molecule has 1 aromatic heterocycles. The second-order valence-corrected chi connectivity index (χ2v) is 10.9. The number of aryl methyl sites for hydroxylation is 1. The largest absolute Gasteiger partial charge is 0.467 e. The van der Waals surface area contributed by atoms with Crippen molar-refractivity contribution in [3.8, 4) is 0 Å². The third-order valence-corrected chi connectivity index (χ3v) is 6.97. The predicted octanol–water partition coefficient (Wildman–Crippen LogP) is 3.22. The Labute approximate surface area is 196 Å². The fourth-order valence-electron chi connectivity index (χ4n) is 3.27. The molecule has 0 aliphatic carbocycles. The van der Waals surface area contributed by atoms with E-state index in [1.807, 2.05) is 41.5 Å². The Balaban J connectivity index is 2.28. The van der Waals surface area contributed by atoms with Gasteiger partial charge in [-0.3, -0.25) is 9.59 Å². The second-order valence-electron chi connectivity index (χ2n) is 9.15. The molecule has 0 fully saturated rings. The molecule has 33 heavy (non-hydrogen) atoms. The molecule has 2 amide bonds. The van der Waals surface area contributed by atoms with Gasteiger partial charge >= 0.3 is 0 Å². The zero-order valence-corrected chi connectivity index (χ0v) is 21.0. The molecule has 0 bridgehead atoms. The van der Waals surface area contributed by atoms with E-state index in [2.05, 4.69) is 10.0 Å². The van der Waals surface area contributed by atoms with E-state index >= 15 is 0 Å². The number of hydrogen-bond donors (Lipinski definition) is 2. The highest BCUT2D eigenvalue weighted by molar-refractivity contribution is 7.89. The molecular weight excluding hydrogens is 442 g/mol. The number of nitrogens with zero attached hydrogens (tertiary/aromatic N) is 1. The summed E-state index contributed by atoms with van der Waals surface area (Å²) in [4.78, 5) is 27.9. The topological polar surface area (TPSA) is 109 Å². The highest BCUT2D eigenvalue weighted by atomic mass is 32.2. The zero-order valence-electron chi connectivity index (χ0n) is 20.2. The summed E-state index contributed by atoms with van der Waals surface area (Å²) in [6, 6.07) is 8.95. The van der Waals surface area contributed by atoms with Crippen molar-refractivity contribution in [2.75, 3.05) is 6.54 Å². The Morgan fingerprint density at radius 1 is 1.12 bits per heavy atom. The van der Waals surface area contributed by atoms with E-state index in [1.165, 1.54) is 23.3 Å². The fraction of sp³-hybridized carbons (Fsp3) is 0.500. The summed E-state index contributed by atoms with van der Waals surface area (Å²) in [5, 5.41) is 3.00. The van der Waals surface area contributed by atoms with E-state index < -0.39 is 34.1 Å². The lowest BCUT2D eigenvalue weighted by Crippen LogP contribution is -2.57. The maximum atomic E-state index is 13.3. The van der Waals surface area contributed by atoms with E-state index in [4.69, 9.17) is 4.42 Å². The molecule has 0 aliphatic rings. The van der Waals surface area contributed by atoms with Crippen LogP contribution >= 0.6 is 0 Å². The summed E-state index contributed by atoms with van der Waals surface area (Å²) in [7, 11) is -3.89. The Morgan fingerprint density at radius 2 is 1.76 bits per heavy atom. The van der Waals surface area contributed by atoms with Crippen molar-refractivity contribution in [2.45, 2.75) is 71.0 Å². The molecule has 9 heteroatoms. The molecule has 1 heterocycles. The highest BCUT2D eigenvalue weighted by Gasteiger charge is 2.35. The van der Waals surface area contributed by atoms with Gasteiger partial charge in [-0.25, -0.2) is 13.1 Å². The molecular formula is C24H35N3O5S. The summed E-state index contributed by atoms with van der Waals surface area (Å²) < 4.78 is 33.1. The van der Waals surface area contributed by atoms with E-state index in [1.54, 1.807) is 24.3 Å². The highest BCUT2D eigenvalue weighted by Crippen LogP contribution is 2.19. The summed E-state index contributed by atoms with van der Waals surface area (Å²) in [6.45, 7) is 10.9. The van der Waals surface area contributed by atoms with Gasteiger partial charge in [0.15, 0.2) is 0 Å². The van der Waals surface area contributed by atoms with Gasteiger partial charge in [-0.2, -0.15) is 0 Å². The van der Waals surface area contributed by atoms with Gasteiger partial charge in [0.2, 0.25) is 21.8 Å². The lowest BCUT2D eigenvalue weighted by atomic mass is 9.97. The van der Waals surface area contributed by atoms with E-state index in [0.717, 1.165) is 5.56 Å². The average Bonchev–Trinajstić information content (AvgIpc) is 3.24. The summed E-state index contributed by atoms with van der Waals surface area (Å²) in [5.41, 5.74) is 0.479. The van der Waals surface area contributed by atoms with Crippen molar-refractivity contribution in [3.05, 3.63) is 54.0 Å². The van der Waals surface area contributed by atoms with Crippen molar-refractivity contribution in [1.29, 1.82) is 0 Å².